The Hall–Kier alpha value is -0.120. The Morgan fingerprint density at radius 2 is 2.10 bits per heavy atom. The van der Waals surface area contributed by atoms with Crippen molar-refractivity contribution in [2.24, 2.45) is 5.84 Å². The zero-order valence-corrected chi connectivity index (χ0v) is 6.47. The number of hydrazine groups is 1. The Morgan fingerprint density at radius 1 is 1.40 bits per heavy atom. The van der Waals surface area contributed by atoms with Gasteiger partial charge in [0, 0.05) is 13.2 Å². The van der Waals surface area contributed by atoms with Gasteiger partial charge in [-0.2, -0.15) is 0 Å². The fraction of sp³-hybridized carbons (Fsp3) is 1.00. The minimum absolute atomic E-state index is 0.332. The van der Waals surface area contributed by atoms with Gasteiger partial charge in [-0.1, -0.05) is 12.8 Å². The molecule has 3 N–H and O–H groups in total. The summed E-state index contributed by atoms with van der Waals surface area (Å²) in [4.78, 5) is 0. The van der Waals surface area contributed by atoms with Gasteiger partial charge in [-0.15, -0.1) is 0 Å². The normalized spacial score (nSPS) is 34.2. The highest BCUT2D eigenvalue weighted by Crippen LogP contribution is 2.19. The molecule has 1 aliphatic carbocycles. The van der Waals surface area contributed by atoms with Gasteiger partial charge < -0.3 is 4.74 Å². The van der Waals surface area contributed by atoms with Gasteiger partial charge in [0.25, 0.3) is 0 Å². The maximum Gasteiger partial charge on any atom is 0.0737 e. The van der Waals surface area contributed by atoms with Gasteiger partial charge >= 0.3 is 0 Å². The van der Waals surface area contributed by atoms with E-state index >= 15 is 0 Å². The van der Waals surface area contributed by atoms with Gasteiger partial charge in [0.1, 0.15) is 0 Å². The average Bonchev–Trinajstić information content (AvgIpc) is 2.04. The molecule has 1 rings (SSSR count). The Bertz CT molecular complexity index is 85.6. The second kappa shape index (κ2) is 3.91. The maximum absolute atomic E-state index is 5.34. The van der Waals surface area contributed by atoms with Crippen molar-refractivity contribution >= 4 is 0 Å². The number of nitrogens with one attached hydrogen (secondary N) is 1. The molecule has 0 unspecified atom stereocenters. The zero-order valence-electron chi connectivity index (χ0n) is 6.47. The Balaban J connectivity index is 2.34. The van der Waals surface area contributed by atoms with E-state index in [4.69, 9.17) is 10.6 Å². The second-order valence-electron chi connectivity index (χ2n) is 2.83. The van der Waals surface area contributed by atoms with Gasteiger partial charge in [-0.25, -0.2) is 0 Å². The molecule has 3 nitrogen and oxygen atoms in total. The Kier molecular flexibility index (Phi) is 3.12. The van der Waals surface area contributed by atoms with E-state index < -0.39 is 0 Å². The fourth-order valence-corrected chi connectivity index (χ4v) is 1.57. The summed E-state index contributed by atoms with van der Waals surface area (Å²) in [6.07, 6.45) is 5.17. The highest BCUT2D eigenvalue weighted by atomic mass is 16.5. The van der Waals surface area contributed by atoms with Crippen molar-refractivity contribution in [3.05, 3.63) is 0 Å². The standard InChI is InChI=1S/C7H16N2O/c1-10-7-5-3-2-4-6(7)9-8/h6-7,9H,2-5,8H2,1H3/t6-,7-/m0/s1. The number of hydrogen-bond donors (Lipinski definition) is 2. The van der Waals surface area contributed by atoms with Crippen LogP contribution in [-0.2, 0) is 4.74 Å². The van der Waals surface area contributed by atoms with Crippen LogP contribution < -0.4 is 11.3 Å². The molecule has 0 aliphatic heterocycles. The second-order valence-corrected chi connectivity index (χ2v) is 2.83. The molecular formula is C7H16N2O. The Morgan fingerprint density at radius 3 is 2.60 bits per heavy atom. The minimum Gasteiger partial charge on any atom is -0.380 e. The van der Waals surface area contributed by atoms with Crippen molar-refractivity contribution in [3.8, 4) is 0 Å². The summed E-state index contributed by atoms with van der Waals surface area (Å²) in [5.41, 5.74) is 2.78. The quantitative estimate of drug-likeness (QED) is 0.436. The van der Waals surface area contributed by atoms with Crippen LogP contribution in [-0.4, -0.2) is 19.3 Å². The number of hydrogen-bond acceptors (Lipinski definition) is 3. The van der Waals surface area contributed by atoms with Crippen molar-refractivity contribution in [2.75, 3.05) is 7.11 Å². The average molecular weight is 144 g/mol. The lowest BCUT2D eigenvalue weighted by Gasteiger charge is -2.29. The molecule has 3 heteroatoms. The predicted octanol–water partition coefficient (Wildman–Crippen LogP) is 0.407. The van der Waals surface area contributed by atoms with Gasteiger partial charge in [0.2, 0.25) is 0 Å². The third kappa shape index (κ3) is 1.68. The highest BCUT2D eigenvalue weighted by Gasteiger charge is 2.22. The molecule has 0 bridgehead atoms. The summed E-state index contributed by atoms with van der Waals surface area (Å²) in [7, 11) is 1.75. The summed E-state index contributed by atoms with van der Waals surface area (Å²) in [6.45, 7) is 0. The van der Waals surface area contributed by atoms with Crippen LogP contribution in [0.5, 0.6) is 0 Å². The van der Waals surface area contributed by atoms with E-state index in [9.17, 15) is 0 Å². The molecule has 1 aliphatic rings. The van der Waals surface area contributed by atoms with E-state index in [0.717, 1.165) is 12.8 Å². The molecule has 0 radical (unpaired) electrons. The van der Waals surface area contributed by atoms with E-state index in [1.54, 1.807) is 7.11 Å². The van der Waals surface area contributed by atoms with Gasteiger partial charge in [0.15, 0.2) is 0 Å². The van der Waals surface area contributed by atoms with Crippen LogP contribution in [0.2, 0.25) is 0 Å². The van der Waals surface area contributed by atoms with Crippen molar-refractivity contribution in [1.82, 2.24) is 5.43 Å². The number of rotatable bonds is 2. The summed E-state index contributed by atoms with van der Waals surface area (Å²) >= 11 is 0. The molecule has 0 aromatic rings. The van der Waals surface area contributed by atoms with Crippen LogP contribution in [0.25, 0.3) is 0 Å². The monoisotopic (exact) mass is 144 g/mol. The van der Waals surface area contributed by atoms with Crippen molar-refractivity contribution in [2.45, 2.75) is 37.8 Å². The lowest BCUT2D eigenvalue weighted by atomic mass is 9.93. The Labute approximate surface area is 61.9 Å². The SMILES string of the molecule is CO[C@H]1CCCC[C@@H]1NN. The van der Waals surface area contributed by atoms with Crippen molar-refractivity contribution in [3.63, 3.8) is 0 Å². The summed E-state index contributed by atoms with van der Waals surface area (Å²) in [5.74, 6) is 5.34. The van der Waals surface area contributed by atoms with Crippen LogP contribution in [0.3, 0.4) is 0 Å². The number of nitrogens with two attached hydrogens (primary N) is 1. The topological polar surface area (TPSA) is 47.3 Å². The maximum atomic E-state index is 5.34. The highest BCUT2D eigenvalue weighted by molar-refractivity contribution is 4.79. The molecule has 60 valence electrons. The van der Waals surface area contributed by atoms with Gasteiger partial charge in [0.05, 0.1) is 6.10 Å². The first-order valence-electron chi connectivity index (χ1n) is 3.87. The smallest absolute Gasteiger partial charge is 0.0737 e. The first-order valence-corrected chi connectivity index (χ1v) is 3.87. The molecule has 0 heterocycles. The third-order valence-corrected chi connectivity index (χ3v) is 2.22. The van der Waals surface area contributed by atoms with Crippen LogP contribution in [0.4, 0.5) is 0 Å². The van der Waals surface area contributed by atoms with Crippen LogP contribution in [0.15, 0.2) is 0 Å². The van der Waals surface area contributed by atoms with Gasteiger partial charge in [-0.05, 0) is 12.8 Å². The molecule has 2 atom stereocenters. The third-order valence-electron chi connectivity index (χ3n) is 2.22. The van der Waals surface area contributed by atoms with Crippen LogP contribution >= 0.6 is 0 Å². The lowest BCUT2D eigenvalue weighted by Crippen LogP contribution is -2.46. The molecule has 0 amide bonds. The van der Waals surface area contributed by atoms with Crippen LogP contribution in [0.1, 0.15) is 25.7 Å². The molecule has 10 heavy (non-hydrogen) atoms. The lowest BCUT2D eigenvalue weighted by molar-refractivity contribution is 0.0420. The van der Waals surface area contributed by atoms with E-state index in [2.05, 4.69) is 5.43 Å². The molecule has 1 saturated carbocycles. The number of ether oxygens (including phenoxy) is 1. The van der Waals surface area contributed by atoms with E-state index in [1.807, 2.05) is 0 Å². The first-order chi connectivity index (χ1) is 4.88. The fourth-order valence-electron chi connectivity index (χ4n) is 1.57. The molecule has 0 aromatic carbocycles. The van der Waals surface area contributed by atoms with Crippen LogP contribution in [0, 0.1) is 0 Å². The van der Waals surface area contributed by atoms with Crippen molar-refractivity contribution in [1.29, 1.82) is 0 Å². The van der Waals surface area contributed by atoms with Gasteiger partial charge in [-0.3, -0.25) is 11.3 Å². The van der Waals surface area contributed by atoms with Crippen molar-refractivity contribution < 1.29 is 4.74 Å². The minimum atomic E-state index is 0.332. The van der Waals surface area contributed by atoms with E-state index in [1.165, 1.54) is 12.8 Å². The molecule has 0 saturated heterocycles. The van der Waals surface area contributed by atoms with E-state index in [0.29, 0.717) is 12.1 Å². The molecular weight excluding hydrogens is 128 g/mol. The largest absolute Gasteiger partial charge is 0.380 e. The summed E-state index contributed by atoms with van der Waals surface area (Å²) < 4.78 is 5.25. The summed E-state index contributed by atoms with van der Waals surface area (Å²) in [5, 5.41) is 0. The van der Waals surface area contributed by atoms with E-state index in [-0.39, 0.29) is 0 Å². The molecule has 1 fully saturated rings. The summed E-state index contributed by atoms with van der Waals surface area (Å²) in [6, 6.07) is 0.374. The molecule has 0 aromatic heterocycles. The zero-order chi connectivity index (χ0) is 7.40. The first kappa shape index (κ1) is 7.98. The number of methoxy groups -OCH3 is 1. The predicted molar refractivity (Wildman–Crippen MR) is 40.4 cm³/mol. The molecule has 0 spiro atoms.